The molecule has 0 aliphatic carbocycles. The van der Waals surface area contributed by atoms with Crippen molar-refractivity contribution in [1.29, 1.82) is 0 Å². The van der Waals surface area contributed by atoms with Gasteiger partial charge in [0.05, 0.1) is 0 Å². The molecule has 0 aliphatic heterocycles. The van der Waals surface area contributed by atoms with Crippen LogP contribution in [0.3, 0.4) is 0 Å². The number of hydrogen-bond acceptors (Lipinski definition) is 1. The Bertz CT molecular complexity index is 78.8. The molecule has 9 heavy (non-hydrogen) atoms. The van der Waals surface area contributed by atoms with E-state index in [-0.39, 0.29) is 5.48 Å². The van der Waals surface area contributed by atoms with Gasteiger partial charge in [-0.25, -0.2) is 0 Å². The van der Waals surface area contributed by atoms with Crippen molar-refractivity contribution in [3.05, 3.63) is 36.4 Å². The van der Waals surface area contributed by atoms with Gasteiger partial charge in [-0.05, 0) is 0 Å². The monoisotopic (exact) mass is 128 g/mol. The highest BCUT2D eigenvalue weighted by Gasteiger charge is 1.57. The summed E-state index contributed by atoms with van der Waals surface area (Å²) in [4.78, 5) is 0. The molecule has 0 aromatic heterocycles. The van der Waals surface area contributed by atoms with Crippen molar-refractivity contribution >= 4 is 0 Å². The third-order valence-corrected chi connectivity index (χ3v) is 0.667. The molecule has 0 fully saturated rings. The first-order valence-electron chi connectivity index (χ1n) is 2.45. The van der Waals surface area contributed by atoms with Gasteiger partial charge in [-0.1, -0.05) is 36.4 Å². The van der Waals surface area contributed by atoms with Gasteiger partial charge in [0.25, 0.3) is 0 Å². The topological polar surface area (TPSA) is 51.7 Å². The number of rotatable bonds is 0. The molecule has 0 saturated carbocycles. The van der Waals surface area contributed by atoms with Gasteiger partial charge >= 0.3 is 0 Å². The van der Waals surface area contributed by atoms with E-state index >= 15 is 0 Å². The fraction of sp³-hybridized carbons (Fsp3) is 0.143. The van der Waals surface area contributed by atoms with Crippen LogP contribution in [0.4, 0.5) is 0 Å². The van der Waals surface area contributed by atoms with E-state index in [1.54, 1.807) is 0 Å². The van der Waals surface area contributed by atoms with Gasteiger partial charge in [-0.2, -0.15) is 0 Å². The fourth-order valence-electron chi connectivity index (χ4n) is 0.385. The van der Waals surface area contributed by atoms with Crippen LogP contribution in [0.15, 0.2) is 36.4 Å². The Labute approximate surface area is 55.1 Å². The SMILES string of the molecule is CO.O.c1ccccc1. The molecule has 0 amide bonds. The van der Waals surface area contributed by atoms with Gasteiger partial charge in [0.1, 0.15) is 0 Å². The van der Waals surface area contributed by atoms with E-state index in [2.05, 4.69) is 0 Å². The lowest BCUT2D eigenvalue weighted by molar-refractivity contribution is 0.399. The van der Waals surface area contributed by atoms with E-state index in [4.69, 9.17) is 5.11 Å². The van der Waals surface area contributed by atoms with Gasteiger partial charge in [-0.3, -0.25) is 0 Å². The minimum atomic E-state index is 0. The standard InChI is InChI=1S/C6H6.CH4O.H2O/c1-2-4-6-5-3-1;1-2;/h1-6H;2H,1H3;1H2. The van der Waals surface area contributed by atoms with E-state index in [0.29, 0.717) is 0 Å². The summed E-state index contributed by atoms with van der Waals surface area (Å²) in [7, 11) is 1.00. The van der Waals surface area contributed by atoms with Crippen LogP contribution < -0.4 is 0 Å². The molecule has 1 aromatic rings. The maximum absolute atomic E-state index is 7.00. The second-order valence-electron chi connectivity index (χ2n) is 1.15. The summed E-state index contributed by atoms with van der Waals surface area (Å²) in [5, 5.41) is 7.00. The first kappa shape index (κ1) is 11.0. The molecule has 2 heteroatoms. The molecule has 0 heterocycles. The maximum atomic E-state index is 7.00. The van der Waals surface area contributed by atoms with Gasteiger partial charge < -0.3 is 10.6 Å². The van der Waals surface area contributed by atoms with E-state index in [9.17, 15) is 0 Å². The van der Waals surface area contributed by atoms with Crippen LogP contribution in [0.1, 0.15) is 0 Å². The Morgan fingerprint density at radius 3 is 0.889 bits per heavy atom. The number of benzene rings is 1. The zero-order valence-electron chi connectivity index (χ0n) is 5.41. The summed E-state index contributed by atoms with van der Waals surface area (Å²) in [6, 6.07) is 12.0. The van der Waals surface area contributed by atoms with Gasteiger partial charge in [0.2, 0.25) is 0 Å². The minimum absolute atomic E-state index is 0. The Balaban J connectivity index is 0. The van der Waals surface area contributed by atoms with Crippen LogP contribution in [0.25, 0.3) is 0 Å². The number of hydrogen-bond donors (Lipinski definition) is 1. The quantitative estimate of drug-likeness (QED) is 0.542. The van der Waals surface area contributed by atoms with Crippen molar-refractivity contribution in [2.75, 3.05) is 7.11 Å². The third kappa shape index (κ3) is 7.14. The number of aliphatic hydroxyl groups excluding tert-OH is 1. The van der Waals surface area contributed by atoms with Crippen molar-refractivity contribution in [3.63, 3.8) is 0 Å². The minimum Gasteiger partial charge on any atom is -0.412 e. The van der Waals surface area contributed by atoms with Gasteiger partial charge in [-0.15, -0.1) is 0 Å². The van der Waals surface area contributed by atoms with Gasteiger partial charge in [0.15, 0.2) is 0 Å². The Hall–Kier alpha value is -0.860. The summed E-state index contributed by atoms with van der Waals surface area (Å²) in [5.41, 5.74) is 0. The molecule has 0 radical (unpaired) electrons. The highest BCUT2D eigenvalue weighted by Crippen LogP contribution is 1.79. The first-order chi connectivity index (χ1) is 4.00. The summed E-state index contributed by atoms with van der Waals surface area (Å²) in [5.74, 6) is 0. The van der Waals surface area contributed by atoms with Crippen molar-refractivity contribution in [2.45, 2.75) is 0 Å². The third-order valence-electron chi connectivity index (χ3n) is 0.667. The molecule has 0 saturated heterocycles. The average molecular weight is 128 g/mol. The van der Waals surface area contributed by atoms with Crippen LogP contribution in [0, 0.1) is 0 Å². The predicted octanol–water partition coefficient (Wildman–Crippen LogP) is 0.470. The Morgan fingerprint density at radius 1 is 0.667 bits per heavy atom. The van der Waals surface area contributed by atoms with Crippen molar-refractivity contribution in [2.24, 2.45) is 0 Å². The van der Waals surface area contributed by atoms with Gasteiger partial charge in [0, 0.05) is 7.11 Å². The molecular formula is C7H12O2. The van der Waals surface area contributed by atoms with Crippen LogP contribution in [-0.2, 0) is 0 Å². The fourth-order valence-corrected chi connectivity index (χ4v) is 0.385. The average Bonchev–Trinajstić information content (AvgIpc) is 1.96. The summed E-state index contributed by atoms with van der Waals surface area (Å²) < 4.78 is 0. The number of aliphatic hydroxyl groups is 1. The van der Waals surface area contributed by atoms with Crippen LogP contribution in [0.5, 0.6) is 0 Å². The highest BCUT2D eigenvalue weighted by molar-refractivity contribution is 4.99. The molecule has 1 aromatic carbocycles. The Kier molecular flexibility index (Phi) is 12.5. The van der Waals surface area contributed by atoms with Crippen LogP contribution in [0.2, 0.25) is 0 Å². The smallest absolute Gasteiger partial charge is 0.0319 e. The zero-order chi connectivity index (χ0) is 6.24. The summed E-state index contributed by atoms with van der Waals surface area (Å²) >= 11 is 0. The lowest BCUT2D eigenvalue weighted by Crippen LogP contribution is -1.47. The lowest BCUT2D eigenvalue weighted by atomic mass is 10.4. The van der Waals surface area contributed by atoms with Crippen molar-refractivity contribution in [1.82, 2.24) is 0 Å². The zero-order valence-corrected chi connectivity index (χ0v) is 5.41. The van der Waals surface area contributed by atoms with Crippen LogP contribution in [-0.4, -0.2) is 17.7 Å². The second-order valence-corrected chi connectivity index (χ2v) is 1.15. The van der Waals surface area contributed by atoms with E-state index in [0.717, 1.165) is 7.11 Å². The first-order valence-corrected chi connectivity index (χ1v) is 2.45. The molecule has 0 spiro atoms. The molecule has 0 bridgehead atoms. The molecule has 0 aliphatic rings. The predicted molar refractivity (Wildman–Crippen MR) is 38.2 cm³/mol. The molecule has 2 nitrogen and oxygen atoms in total. The molecule has 0 atom stereocenters. The molecule has 1 rings (SSSR count). The van der Waals surface area contributed by atoms with E-state index in [1.807, 2.05) is 36.4 Å². The lowest BCUT2D eigenvalue weighted by Gasteiger charge is -1.69. The van der Waals surface area contributed by atoms with E-state index < -0.39 is 0 Å². The van der Waals surface area contributed by atoms with Crippen molar-refractivity contribution in [3.8, 4) is 0 Å². The Morgan fingerprint density at radius 2 is 0.778 bits per heavy atom. The van der Waals surface area contributed by atoms with E-state index in [1.165, 1.54) is 0 Å². The van der Waals surface area contributed by atoms with Crippen molar-refractivity contribution < 1.29 is 10.6 Å². The maximum Gasteiger partial charge on any atom is 0.0319 e. The molecule has 0 unspecified atom stereocenters. The highest BCUT2D eigenvalue weighted by atomic mass is 16.2. The molecule has 3 N–H and O–H groups in total. The summed E-state index contributed by atoms with van der Waals surface area (Å²) in [6.07, 6.45) is 0. The van der Waals surface area contributed by atoms with Crippen LogP contribution >= 0.6 is 0 Å². The second kappa shape index (κ2) is 10.2. The summed E-state index contributed by atoms with van der Waals surface area (Å²) in [6.45, 7) is 0. The largest absolute Gasteiger partial charge is 0.412 e. The molecule has 52 valence electrons. The molecular weight excluding hydrogens is 116 g/mol. The normalized spacial score (nSPS) is 6.00.